The van der Waals surface area contributed by atoms with Gasteiger partial charge in [-0.15, -0.1) is 0 Å². The zero-order valence-corrected chi connectivity index (χ0v) is 18.6. The van der Waals surface area contributed by atoms with Gasteiger partial charge in [-0.1, -0.05) is 6.07 Å². The summed E-state index contributed by atoms with van der Waals surface area (Å²) in [7, 11) is -12.4. The van der Waals surface area contributed by atoms with Gasteiger partial charge in [0.05, 0.1) is 16.3 Å². The number of nitrogen functional groups attached to an aromatic ring is 1. The zero-order chi connectivity index (χ0) is 24.4. The van der Waals surface area contributed by atoms with Gasteiger partial charge in [0.2, 0.25) is 28.7 Å². The van der Waals surface area contributed by atoms with E-state index >= 15 is 0 Å². The zero-order valence-electron chi connectivity index (χ0n) is 16.1. The number of hydrogen-bond donors (Lipinski definition) is 7. The van der Waals surface area contributed by atoms with Gasteiger partial charge in [-0.3, -0.25) is 13.8 Å². The van der Waals surface area contributed by atoms with Crippen molar-refractivity contribution in [3.8, 4) is 0 Å². The van der Waals surface area contributed by atoms with Crippen molar-refractivity contribution >= 4 is 66.0 Å². The van der Waals surface area contributed by atoms with Crippen molar-refractivity contribution in [2.24, 2.45) is 0 Å². The second kappa shape index (κ2) is 9.11. The van der Waals surface area contributed by atoms with E-state index in [9.17, 15) is 34.4 Å². The van der Waals surface area contributed by atoms with Crippen molar-refractivity contribution in [3.63, 3.8) is 0 Å². The molecule has 176 valence electrons. The predicted octanol–water partition coefficient (Wildman–Crippen LogP) is 0.373. The summed E-state index contributed by atoms with van der Waals surface area (Å²) in [5, 5.41) is 5.15. The molecule has 3 aromatic rings. The molecule has 0 atom stereocenters. The highest BCUT2D eigenvalue weighted by Gasteiger charge is 2.21. The molecule has 0 spiro atoms. The number of rotatable bonds is 8. The van der Waals surface area contributed by atoms with Gasteiger partial charge in [0.15, 0.2) is 0 Å². The number of hydrogen-bond acceptors (Lipinski definition) is 12. The van der Waals surface area contributed by atoms with E-state index < -0.39 is 46.6 Å². The van der Waals surface area contributed by atoms with Crippen molar-refractivity contribution in [2.75, 3.05) is 21.1 Å². The maximum atomic E-state index is 11.7. The fourth-order valence-electron chi connectivity index (χ4n) is 2.52. The molecule has 7 N–H and O–H groups in total. The third-order valence-electron chi connectivity index (χ3n) is 3.77. The Morgan fingerprint density at radius 2 is 1.45 bits per heavy atom. The number of nitrogens with two attached hydrogens (primary N) is 1. The van der Waals surface area contributed by atoms with Crippen LogP contribution in [0.1, 0.15) is 0 Å². The first-order valence-corrected chi connectivity index (χ1v) is 12.5. The highest BCUT2D eigenvalue weighted by atomic mass is 32.2. The van der Waals surface area contributed by atoms with Gasteiger partial charge in [0, 0.05) is 5.69 Å². The number of anilines is 6. The van der Waals surface area contributed by atoms with Crippen LogP contribution in [0, 0.1) is 0 Å². The first-order chi connectivity index (χ1) is 15.3. The Balaban J connectivity index is 1.98. The summed E-state index contributed by atoms with van der Waals surface area (Å²) in [5.74, 6) is -0.821. The van der Waals surface area contributed by atoms with Crippen LogP contribution < -0.4 is 21.1 Å². The van der Waals surface area contributed by atoms with E-state index in [-0.39, 0.29) is 23.5 Å². The molecule has 0 aliphatic heterocycles. The average molecular weight is 518 g/mol. The molecular weight excluding hydrogens is 502 g/mol. The molecule has 0 saturated carbocycles. The van der Waals surface area contributed by atoms with Gasteiger partial charge >= 0.3 is 0 Å². The maximum absolute atomic E-state index is 11.7. The molecule has 3 rings (SSSR count). The third kappa shape index (κ3) is 6.46. The standard InChI is InChI=1S/C15H15N7O8S3/c16-13-19-14(17-8-2-1-3-9(6-8)22-31(23)24)21-15(20-13)18-11-7-10(32(25,26)27)4-5-12(11)33(28,29)30/h1-7,31H,(H,22,23,24)(H,25,26,27)(H,28,29,30)(H4,16,17,18,19,20,21). The fraction of sp³-hybridized carbons (Fsp3) is 0. The number of nitrogens with one attached hydrogen (secondary N) is 3. The summed E-state index contributed by atoms with van der Waals surface area (Å²) in [5.41, 5.74) is 5.76. The van der Waals surface area contributed by atoms with E-state index in [0.717, 1.165) is 18.2 Å². The van der Waals surface area contributed by atoms with E-state index in [0.29, 0.717) is 5.69 Å². The lowest BCUT2D eigenvalue weighted by molar-refractivity contribution is 0.479. The van der Waals surface area contributed by atoms with Crippen LogP contribution in [0.3, 0.4) is 0 Å². The second-order valence-corrected chi connectivity index (χ2v) is 9.70. The fourth-order valence-corrected chi connectivity index (χ4v) is 4.00. The minimum absolute atomic E-state index is 0.145. The van der Waals surface area contributed by atoms with E-state index in [2.05, 4.69) is 30.3 Å². The smallest absolute Gasteiger partial charge is 0.296 e. The summed E-state index contributed by atoms with van der Waals surface area (Å²) < 4.78 is 88.6. The van der Waals surface area contributed by atoms with Crippen LogP contribution >= 0.6 is 0 Å². The van der Waals surface area contributed by atoms with Gasteiger partial charge in [0.25, 0.3) is 20.2 Å². The molecule has 0 saturated heterocycles. The molecule has 0 aliphatic rings. The summed E-state index contributed by atoms with van der Waals surface area (Å²) in [6.07, 6.45) is 0. The van der Waals surface area contributed by atoms with Crippen LogP contribution in [-0.2, 0) is 31.1 Å². The van der Waals surface area contributed by atoms with Crippen LogP contribution in [0.25, 0.3) is 0 Å². The lowest BCUT2D eigenvalue weighted by Gasteiger charge is -2.12. The lowest BCUT2D eigenvalue weighted by Crippen LogP contribution is -2.10. The normalized spacial score (nSPS) is 11.8. The summed E-state index contributed by atoms with van der Waals surface area (Å²) >= 11 is 0. The Morgan fingerprint density at radius 1 is 0.818 bits per heavy atom. The van der Waals surface area contributed by atoms with Crippen LogP contribution in [0.15, 0.2) is 52.3 Å². The molecule has 0 bridgehead atoms. The van der Waals surface area contributed by atoms with Gasteiger partial charge in [-0.05, 0) is 36.4 Å². The van der Waals surface area contributed by atoms with Gasteiger partial charge < -0.3 is 16.4 Å². The summed E-state index contributed by atoms with van der Waals surface area (Å²) in [6.45, 7) is 0. The minimum Gasteiger partial charge on any atom is -0.368 e. The molecule has 0 aliphatic carbocycles. The Bertz CT molecular complexity index is 1500. The molecule has 2 aromatic carbocycles. The van der Waals surface area contributed by atoms with E-state index in [4.69, 9.17) is 5.73 Å². The molecule has 0 radical (unpaired) electrons. The highest BCUT2D eigenvalue weighted by Crippen LogP contribution is 2.28. The second-order valence-electron chi connectivity index (χ2n) is 6.15. The van der Waals surface area contributed by atoms with Gasteiger partial charge in [-0.2, -0.15) is 31.8 Å². The minimum atomic E-state index is -4.81. The van der Waals surface area contributed by atoms with E-state index in [1.165, 1.54) is 18.2 Å². The molecular formula is C15H15N7O8S3. The average Bonchev–Trinajstić information content (AvgIpc) is 2.65. The first-order valence-electron chi connectivity index (χ1n) is 8.47. The number of benzene rings is 2. The van der Waals surface area contributed by atoms with Gasteiger partial charge in [0.1, 0.15) is 4.90 Å². The lowest BCUT2D eigenvalue weighted by atomic mass is 10.3. The molecule has 0 fully saturated rings. The molecule has 0 unspecified atom stereocenters. The Hall–Kier alpha value is -3.58. The number of aromatic nitrogens is 3. The maximum Gasteiger partial charge on any atom is 0.296 e. The van der Waals surface area contributed by atoms with Crippen LogP contribution in [0.4, 0.5) is 34.9 Å². The van der Waals surface area contributed by atoms with Crippen molar-refractivity contribution in [1.29, 1.82) is 0 Å². The van der Waals surface area contributed by atoms with Crippen molar-refractivity contribution in [2.45, 2.75) is 9.79 Å². The Morgan fingerprint density at radius 3 is 2.06 bits per heavy atom. The third-order valence-corrected chi connectivity index (χ3v) is 5.97. The molecule has 33 heavy (non-hydrogen) atoms. The highest BCUT2D eigenvalue weighted by molar-refractivity contribution is 7.86. The number of thiol groups is 1. The van der Waals surface area contributed by atoms with E-state index in [1.54, 1.807) is 6.07 Å². The topological polar surface area (TPSA) is 244 Å². The molecule has 1 heterocycles. The van der Waals surface area contributed by atoms with Gasteiger partial charge in [-0.25, -0.2) is 8.42 Å². The largest absolute Gasteiger partial charge is 0.368 e. The first kappa shape index (κ1) is 24.1. The molecule has 15 nitrogen and oxygen atoms in total. The van der Waals surface area contributed by atoms with Crippen LogP contribution in [-0.4, -0.2) is 49.3 Å². The Kier molecular flexibility index (Phi) is 6.65. The Labute approximate surface area is 188 Å². The number of nitrogens with zero attached hydrogens (tertiary/aromatic N) is 3. The van der Waals surface area contributed by atoms with Crippen LogP contribution in [0.2, 0.25) is 0 Å². The summed E-state index contributed by atoms with van der Waals surface area (Å²) in [6, 6.07) is 8.27. The molecule has 1 aromatic heterocycles. The van der Waals surface area contributed by atoms with Crippen molar-refractivity contribution in [3.05, 3.63) is 42.5 Å². The monoisotopic (exact) mass is 517 g/mol. The predicted molar refractivity (Wildman–Crippen MR) is 117 cm³/mol. The van der Waals surface area contributed by atoms with Crippen molar-refractivity contribution in [1.82, 2.24) is 15.0 Å². The SMILES string of the molecule is Nc1nc(Nc2cccc(N[SH](=O)=O)c2)nc(Nc2cc(S(=O)(=O)O)ccc2S(=O)(=O)O)n1. The quantitative estimate of drug-likeness (QED) is 0.158. The van der Waals surface area contributed by atoms with Crippen molar-refractivity contribution < 1.29 is 34.4 Å². The summed E-state index contributed by atoms with van der Waals surface area (Å²) in [4.78, 5) is 10.2. The molecule has 18 heteroatoms. The molecule has 0 amide bonds. The van der Waals surface area contributed by atoms with Crippen LogP contribution in [0.5, 0.6) is 0 Å². The van der Waals surface area contributed by atoms with E-state index in [1.807, 2.05) is 0 Å².